The van der Waals surface area contributed by atoms with Gasteiger partial charge in [0.15, 0.2) is 0 Å². The molecule has 1 rings (SSSR count). The van der Waals surface area contributed by atoms with Crippen molar-refractivity contribution < 1.29 is 0 Å². The predicted molar refractivity (Wildman–Crippen MR) is 80.0 cm³/mol. The summed E-state index contributed by atoms with van der Waals surface area (Å²) in [7, 11) is 2.22. The average Bonchev–Trinajstić information content (AvgIpc) is 2.35. The maximum atomic E-state index is 3.49. The number of hydrogen-bond acceptors (Lipinski definition) is 3. The van der Waals surface area contributed by atoms with Gasteiger partial charge < -0.3 is 10.2 Å². The minimum atomic E-state index is 0.359. The number of piperazine rings is 1. The topological polar surface area (TPSA) is 18.5 Å². The third-order valence-corrected chi connectivity index (χ3v) is 5.13. The van der Waals surface area contributed by atoms with Crippen LogP contribution in [0.5, 0.6) is 0 Å². The van der Waals surface area contributed by atoms with Gasteiger partial charge in [-0.2, -0.15) is 0 Å². The number of likely N-dealkylation sites (N-methyl/N-ethyl adjacent to an activating group) is 1. The van der Waals surface area contributed by atoms with Gasteiger partial charge >= 0.3 is 0 Å². The van der Waals surface area contributed by atoms with E-state index in [2.05, 4.69) is 56.8 Å². The molecule has 1 N–H and O–H groups in total. The van der Waals surface area contributed by atoms with Crippen LogP contribution in [0.3, 0.4) is 0 Å². The fourth-order valence-electron chi connectivity index (χ4n) is 2.72. The Kier molecular flexibility index (Phi) is 6.09. The van der Waals surface area contributed by atoms with E-state index >= 15 is 0 Å². The number of rotatable bonds is 6. The lowest BCUT2D eigenvalue weighted by atomic mass is 9.73. The van der Waals surface area contributed by atoms with Gasteiger partial charge in [0.05, 0.1) is 0 Å². The average molecular weight is 255 g/mol. The molecule has 3 heteroatoms. The van der Waals surface area contributed by atoms with Crippen LogP contribution in [-0.2, 0) is 0 Å². The van der Waals surface area contributed by atoms with Crippen molar-refractivity contribution in [2.75, 3.05) is 46.3 Å². The minimum absolute atomic E-state index is 0.359. The van der Waals surface area contributed by atoms with Crippen molar-refractivity contribution in [2.24, 2.45) is 11.3 Å². The highest BCUT2D eigenvalue weighted by Crippen LogP contribution is 2.33. The highest BCUT2D eigenvalue weighted by atomic mass is 15.3. The smallest absolute Gasteiger partial charge is 0.0122 e. The van der Waals surface area contributed by atoms with Crippen LogP contribution >= 0.6 is 0 Å². The first-order valence-electron chi connectivity index (χ1n) is 7.52. The van der Waals surface area contributed by atoms with Crippen molar-refractivity contribution in [2.45, 2.75) is 40.7 Å². The molecule has 18 heavy (non-hydrogen) atoms. The van der Waals surface area contributed by atoms with Crippen LogP contribution in [0.1, 0.15) is 34.6 Å². The van der Waals surface area contributed by atoms with Gasteiger partial charge in [0.2, 0.25) is 0 Å². The summed E-state index contributed by atoms with van der Waals surface area (Å²) in [6.07, 6.45) is 0. The predicted octanol–water partition coefficient (Wildman–Crippen LogP) is 1.89. The Balaban J connectivity index is 2.54. The molecule has 0 spiro atoms. The summed E-state index contributed by atoms with van der Waals surface area (Å²) in [4.78, 5) is 5.10. The maximum Gasteiger partial charge on any atom is 0.0122 e. The third kappa shape index (κ3) is 3.94. The van der Waals surface area contributed by atoms with Crippen molar-refractivity contribution >= 4 is 0 Å². The van der Waals surface area contributed by atoms with Gasteiger partial charge in [-0.3, -0.25) is 4.90 Å². The van der Waals surface area contributed by atoms with Gasteiger partial charge in [0, 0.05) is 32.2 Å². The van der Waals surface area contributed by atoms with Gasteiger partial charge in [-0.05, 0) is 38.4 Å². The van der Waals surface area contributed by atoms with Crippen LogP contribution in [-0.4, -0.2) is 62.2 Å². The maximum absolute atomic E-state index is 3.49. The molecule has 2 atom stereocenters. The number of nitrogens with one attached hydrogen (secondary N) is 1. The lowest BCUT2D eigenvalue weighted by Crippen LogP contribution is -2.54. The first kappa shape index (κ1) is 15.9. The van der Waals surface area contributed by atoms with E-state index < -0.39 is 0 Å². The van der Waals surface area contributed by atoms with E-state index in [4.69, 9.17) is 0 Å². The first-order chi connectivity index (χ1) is 8.39. The lowest BCUT2D eigenvalue weighted by Gasteiger charge is -2.46. The van der Waals surface area contributed by atoms with Crippen molar-refractivity contribution in [1.82, 2.24) is 15.1 Å². The van der Waals surface area contributed by atoms with Crippen LogP contribution in [0.15, 0.2) is 0 Å². The van der Waals surface area contributed by atoms with Crippen molar-refractivity contribution in [1.29, 1.82) is 0 Å². The molecular weight excluding hydrogens is 222 g/mol. The number of nitrogens with zero attached hydrogens (tertiary/aromatic N) is 2. The standard InChI is InChI=1S/C15H33N3/c1-7-16-12-13(2)15(4,5)14(3)18-10-8-17(6)9-11-18/h13-14,16H,7-12H2,1-6H3. The summed E-state index contributed by atoms with van der Waals surface area (Å²) in [6, 6.07) is 0.653. The van der Waals surface area contributed by atoms with Gasteiger partial charge in [-0.1, -0.05) is 27.7 Å². The molecule has 1 heterocycles. The van der Waals surface area contributed by atoms with Crippen LogP contribution < -0.4 is 5.32 Å². The summed E-state index contributed by atoms with van der Waals surface area (Å²) in [5.74, 6) is 0.701. The second kappa shape index (κ2) is 6.88. The Morgan fingerprint density at radius 3 is 2.17 bits per heavy atom. The molecule has 0 aromatic rings. The van der Waals surface area contributed by atoms with Crippen LogP contribution in [0, 0.1) is 11.3 Å². The molecule has 0 aromatic carbocycles. The Morgan fingerprint density at radius 1 is 1.11 bits per heavy atom. The fraction of sp³-hybridized carbons (Fsp3) is 1.00. The Bertz CT molecular complexity index is 232. The fourth-order valence-corrected chi connectivity index (χ4v) is 2.72. The zero-order valence-electron chi connectivity index (χ0n) is 13.3. The second-order valence-corrected chi connectivity index (χ2v) is 6.55. The Morgan fingerprint density at radius 2 is 1.67 bits per heavy atom. The third-order valence-electron chi connectivity index (χ3n) is 5.13. The van der Waals surface area contributed by atoms with Crippen LogP contribution in [0.2, 0.25) is 0 Å². The Hall–Kier alpha value is -0.120. The molecule has 0 aliphatic carbocycles. The van der Waals surface area contributed by atoms with E-state index in [-0.39, 0.29) is 0 Å². The summed E-state index contributed by atoms with van der Waals surface area (Å²) in [6.45, 7) is 18.9. The van der Waals surface area contributed by atoms with Crippen LogP contribution in [0.25, 0.3) is 0 Å². The van der Waals surface area contributed by atoms with Crippen LogP contribution in [0.4, 0.5) is 0 Å². The monoisotopic (exact) mass is 255 g/mol. The van der Waals surface area contributed by atoms with E-state index in [0.717, 1.165) is 13.1 Å². The highest BCUT2D eigenvalue weighted by molar-refractivity contribution is 4.89. The molecule has 0 bridgehead atoms. The molecule has 0 saturated carbocycles. The first-order valence-corrected chi connectivity index (χ1v) is 7.52. The van der Waals surface area contributed by atoms with Crippen molar-refractivity contribution in [3.8, 4) is 0 Å². The molecule has 1 aliphatic heterocycles. The molecular formula is C15H33N3. The summed E-state index contributed by atoms with van der Waals surface area (Å²) >= 11 is 0. The molecule has 0 amide bonds. The molecule has 1 saturated heterocycles. The molecule has 0 radical (unpaired) electrons. The second-order valence-electron chi connectivity index (χ2n) is 6.55. The van der Waals surface area contributed by atoms with Crippen molar-refractivity contribution in [3.63, 3.8) is 0 Å². The lowest BCUT2D eigenvalue weighted by molar-refractivity contribution is 0.0280. The summed E-state index contributed by atoms with van der Waals surface area (Å²) in [5, 5.41) is 3.49. The minimum Gasteiger partial charge on any atom is -0.317 e. The highest BCUT2D eigenvalue weighted by Gasteiger charge is 2.35. The van der Waals surface area contributed by atoms with E-state index in [1.165, 1.54) is 26.2 Å². The summed E-state index contributed by atoms with van der Waals surface area (Å²) < 4.78 is 0. The quantitative estimate of drug-likeness (QED) is 0.782. The van der Waals surface area contributed by atoms with Crippen molar-refractivity contribution in [3.05, 3.63) is 0 Å². The molecule has 2 unspecified atom stereocenters. The van der Waals surface area contributed by atoms with Gasteiger partial charge in [0.1, 0.15) is 0 Å². The molecule has 1 aliphatic rings. The molecule has 108 valence electrons. The van der Waals surface area contributed by atoms with E-state index in [1.807, 2.05) is 0 Å². The Labute approximate surface area is 114 Å². The van der Waals surface area contributed by atoms with E-state index in [1.54, 1.807) is 0 Å². The molecule has 1 fully saturated rings. The zero-order valence-corrected chi connectivity index (χ0v) is 13.3. The molecule has 0 aromatic heterocycles. The normalized spacial score (nSPS) is 23.0. The van der Waals surface area contributed by atoms with E-state index in [9.17, 15) is 0 Å². The van der Waals surface area contributed by atoms with Gasteiger partial charge in [0.25, 0.3) is 0 Å². The molecule has 3 nitrogen and oxygen atoms in total. The zero-order chi connectivity index (χ0) is 13.8. The number of hydrogen-bond donors (Lipinski definition) is 1. The van der Waals surface area contributed by atoms with E-state index in [0.29, 0.717) is 17.4 Å². The van der Waals surface area contributed by atoms with Gasteiger partial charge in [-0.25, -0.2) is 0 Å². The SMILES string of the molecule is CCNCC(C)C(C)(C)C(C)N1CCN(C)CC1. The largest absolute Gasteiger partial charge is 0.317 e. The van der Waals surface area contributed by atoms with Gasteiger partial charge in [-0.15, -0.1) is 0 Å². The summed E-state index contributed by atoms with van der Waals surface area (Å²) in [5.41, 5.74) is 0.359.